The molecule has 4 rings (SSSR count). The number of carbonyl (C=O) groups excluding carboxylic acids is 2. The summed E-state index contributed by atoms with van der Waals surface area (Å²) in [5.41, 5.74) is 3.01. The summed E-state index contributed by atoms with van der Waals surface area (Å²) in [5.74, 6) is -1.50. The number of anilines is 2. The fraction of sp³-hybridized carbons (Fsp3) is 0.0833. The molecular formula is C24H19N2O3-. The first-order valence-electron chi connectivity index (χ1n) is 9.33. The Morgan fingerprint density at radius 1 is 0.862 bits per heavy atom. The van der Waals surface area contributed by atoms with Crippen molar-refractivity contribution < 1.29 is 14.7 Å². The number of nitrogens with zero attached hydrogens (tertiary/aromatic N) is 1. The number of nitrogens with one attached hydrogen (secondary N) is 1. The number of para-hydroxylation sites is 2. The van der Waals surface area contributed by atoms with E-state index in [4.69, 9.17) is 0 Å². The van der Waals surface area contributed by atoms with E-state index in [1.807, 2.05) is 91.0 Å². The van der Waals surface area contributed by atoms with Gasteiger partial charge in [0.2, 0.25) is 0 Å². The van der Waals surface area contributed by atoms with Crippen LogP contribution in [0.5, 0.6) is 0 Å². The van der Waals surface area contributed by atoms with Gasteiger partial charge >= 0.3 is 0 Å². The molecule has 0 bridgehead atoms. The normalized spacial score (nSPS) is 16.2. The smallest absolute Gasteiger partial charge is 0.275 e. The van der Waals surface area contributed by atoms with Gasteiger partial charge in [-0.1, -0.05) is 66.7 Å². The van der Waals surface area contributed by atoms with Crippen LogP contribution in [-0.2, 0) is 9.59 Å². The number of aliphatic carboxylic acids is 1. The minimum absolute atomic E-state index is 0.273. The van der Waals surface area contributed by atoms with E-state index in [0.29, 0.717) is 16.9 Å². The number of hydrogen-bond acceptors (Lipinski definition) is 4. The fourth-order valence-electron chi connectivity index (χ4n) is 3.65. The standard InChI is InChI=1S/C24H20N2O3/c27-21(28)16-20-22(25-18-12-6-2-7-13-18)24(29)26(19-14-8-3-9-15-19)23(20)17-10-4-1-5-11-17/h1-15,23,25H,16H2,(H,27,28)/p-1/t23-/m0/s1. The van der Waals surface area contributed by atoms with Crippen LogP contribution in [0.4, 0.5) is 11.4 Å². The van der Waals surface area contributed by atoms with Crippen molar-refractivity contribution in [1.82, 2.24) is 0 Å². The van der Waals surface area contributed by atoms with E-state index in [1.165, 1.54) is 0 Å². The van der Waals surface area contributed by atoms with Crippen molar-refractivity contribution in [3.05, 3.63) is 108 Å². The van der Waals surface area contributed by atoms with Gasteiger partial charge < -0.3 is 15.2 Å². The lowest BCUT2D eigenvalue weighted by atomic mass is 9.96. The zero-order valence-electron chi connectivity index (χ0n) is 15.6. The molecule has 1 aliphatic heterocycles. The molecule has 0 spiro atoms. The highest BCUT2D eigenvalue weighted by Gasteiger charge is 2.40. The molecule has 1 atom stereocenters. The molecule has 5 heteroatoms. The molecule has 0 aromatic heterocycles. The molecule has 0 saturated heterocycles. The zero-order valence-corrected chi connectivity index (χ0v) is 15.6. The average Bonchev–Trinajstić information content (AvgIpc) is 3.01. The Bertz CT molecular complexity index is 1050. The Labute approximate surface area is 168 Å². The Hall–Kier alpha value is -3.86. The highest BCUT2D eigenvalue weighted by Crippen LogP contribution is 2.42. The summed E-state index contributed by atoms with van der Waals surface area (Å²) in [7, 11) is 0. The van der Waals surface area contributed by atoms with Gasteiger partial charge in [0.25, 0.3) is 5.91 Å². The zero-order chi connectivity index (χ0) is 20.2. The minimum atomic E-state index is -1.23. The van der Waals surface area contributed by atoms with E-state index in [-0.39, 0.29) is 18.0 Å². The SMILES string of the molecule is O=C([O-])CC1=C(Nc2ccccc2)C(=O)N(c2ccccc2)[C@H]1c1ccccc1. The number of rotatable bonds is 6. The van der Waals surface area contributed by atoms with Gasteiger partial charge in [-0.25, -0.2) is 0 Å². The molecule has 0 aliphatic carbocycles. The first kappa shape index (κ1) is 18.5. The second-order valence-corrected chi connectivity index (χ2v) is 6.76. The van der Waals surface area contributed by atoms with Crippen LogP contribution in [-0.4, -0.2) is 11.9 Å². The molecule has 0 saturated carbocycles. The topological polar surface area (TPSA) is 72.5 Å². The van der Waals surface area contributed by atoms with Crippen molar-refractivity contribution >= 4 is 23.3 Å². The van der Waals surface area contributed by atoms with E-state index < -0.39 is 12.0 Å². The van der Waals surface area contributed by atoms with Gasteiger partial charge in [0.05, 0.1) is 6.04 Å². The molecule has 1 aliphatic rings. The van der Waals surface area contributed by atoms with Crippen LogP contribution < -0.4 is 15.3 Å². The molecule has 29 heavy (non-hydrogen) atoms. The lowest BCUT2D eigenvalue weighted by Gasteiger charge is -2.27. The Kier molecular flexibility index (Phi) is 5.12. The molecule has 1 amide bonds. The number of carboxylic acids is 1. The van der Waals surface area contributed by atoms with Gasteiger partial charge in [0.15, 0.2) is 0 Å². The quantitative estimate of drug-likeness (QED) is 0.709. The molecular weight excluding hydrogens is 364 g/mol. The van der Waals surface area contributed by atoms with Gasteiger partial charge in [0.1, 0.15) is 5.70 Å². The lowest BCUT2D eigenvalue weighted by Crippen LogP contribution is -2.31. The third-order valence-corrected chi connectivity index (χ3v) is 4.87. The maximum Gasteiger partial charge on any atom is 0.275 e. The van der Waals surface area contributed by atoms with Crippen LogP contribution in [0.3, 0.4) is 0 Å². The Balaban J connectivity index is 1.87. The molecule has 3 aromatic carbocycles. The third-order valence-electron chi connectivity index (χ3n) is 4.87. The monoisotopic (exact) mass is 383 g/mol. The maximum absolute atomic E-state index is 13.5. The van der Waals surface area contributed by atoms with Gasteiger partial charge in [-0.05, 0) is 35.4 Å². The average molecular weight is 383 g/mol. The second-order valence-electron chi connectivity index (χ2n) is 6.76. The molecule has 3 aromatic rings. The molecule has 0 unspecified atom stereocenters. The number of carboxylic acid groups (broad SMARTS) is 1. The summed E-state index contributed by atoms with van der Waals surface area (Å²) in [6.45, 7) is 0. The number of benzene rings is 3. The van der Waals surface area contributed by atoms with Crippen LogP contribution >= 0.6 is 0 Å². The first-order chi connectivity index (χ1) is 14.1. The number of hydrogen-bond donors (Lipinski definition) is 1. The molecule has 144 valence electrons. The molecule has 1 heterocycles. The highest BCUT2D eigenvalue weighted by atomic mass is 16.4. The Morgan fingerprint density at radius 3 is 2.00 bits per heavy atom. The summed E-state index contributed by atoms with van der Waals surface area (Å²) in [5, 5.41) is 14.7. The fourth-order valence-corrected chi connectivity index (χ4v) is 3.65. The van der Waals surface area contributed by atoms with Crippen molar-refractivity contribution in [2.45, 2.75) is 12.5 Å². The van der Waals surface area contributed by atoms with E-state index in [2.05, 4.69) is 5.32 Å². The molecule has 1 N–H and O–H groups in total. The molecule has 5 nitrogen and oxygen atoms in total. The van der Waals surface area contributed by atoms with Gasteiger partial charge in [-0.15, -0.1) is 0 Å². The predicted octanol–water partition coefficient (Wildman–Crippen LogP) is 3.28. The summed E-state index contributed by atoms with van der Waals surface area (Å²) < 4.78 is 0. The lowest BCUT2D eigenvalue weighted by molar-refractivity contribution is -0.304. The van der Waals surface area contributed by atoms with Crippen LogP contribution in [0.25, 0.3) is 0 Å². The van der Waals surface area contributed by atoms with Crippen LogP contribution in [0.15, 0.2) is 102 Å². The van der Waals surface area contributed by atoms with Crippen molar-refractivity contribution in [3.63, 3.8) is 0 Å². The minimum Gasteiger partial charge on any atom is -0.550 e. The maximum atomic E-state index is 13.5. The molecule has 0 radical (unpaired) electrons. The first-order valence-corrected chi connectivity index (χ1v) is 9.33. The second kappa shape index (κ2) is 8.02. The van der Waals surface area contributed by atoms with Crippen LogP contribution in [0.1, 0.15) is 18.0 Å². The number of amides is 1. The van der Waals surface area contributed by atoms with Crippen molar-refractivity contribution in [2.75, 3.05) is 10.2 Å². The molecule has 0 fully saturated rings. The van der Waals surface area contributed by atoms with E-state index in [1.54, 1.807) is 4.90 Å². The van der Waals surface area contributed by atoms with Crippen molar-refractivity contribution in [2.24, 2.45) is 0 Å². The van der Waals surface area contributed by atoms with Gasteiger partial charge in [0, 0.05) is 23.8 Å². The third kappa shape index (κ3) is 3.75. The van der Waals surface area contributed by atoms with Crippen molar-refractivity contribution in [1.29, 1.82) is 0 Å². The largest absolute Gasteiger partial charge is 0.550 e. The summed E-state index contributed by atoms with van der Waals surface area (Å²) >= 11 is 0. The van der Waals surface area contributed by atoms with E-state index >= 15 is 0 Å². The van der Waals surface area contributed by atoms with E-state index in [0.717, 1.165) is 5.56 Å². The van der Waals surface area contributed by atoms with Gasteiger partial charge in [-0.3, -0.25) is 9.69 Å². The summed E-state index contributed by atoms with van der Waals surface area (Å²) in [6.07, 6.45) is -0.343. The van der Waals surface area contributed by atoms with Crippen LogP contribution in [0.2, 0.25) is 0 Å². The van der Waals surface area contributed by atoms with Crippen molar-refractivity contribution in [3.8, 4) is 0 Å². The predicted molar refractivity (Wildman–Crippen MR) is 110 cm³/mol. The highest BCUT2D eigenvalue weighted by molar-refractivity contribution is 6.12. The summed E-state index contributed by atoms with van der Waals surface area (Å²) in [6, 6.07) is 27.4. The number of carbonyl (C=O) groups is 2. The van der Waals surface area contributed by atoms with E-state index in [9.17, 15) is 14.7 Å². The van der Waals surface area contributed by atoms with Gasteiger partial charge in [-0.2, -0.15) is 0 Å². The van der Waals surface area contributed by atoms with Crippen LogP contribution in [0, 0.1) is 0 Å². The Morgan fingerprint density at radius 2 is 1.41 bits per heavy atom. The summed E-state index contributed by atoms with van der Waals surface area (Å²) in [4.78, 5) is 26.7.